The van der Waals surface area contributed by atoms with Gasteiger partial charge in [-0.25, -0.2) is 0 Å². The van der Waals surface area contributed by atoms with Gasteiger partial charge in [0.25, 0.3) is 0 Å². The summed E-state index contributed by atoms with van der Waals surface area (Å²) in [6.07, 6.45) is 7.96. The Balaban J connectivity index is 1.74. The zero-order chi connectivity index (χ0) is 13.5. The van der Waals surface area contributed by atoms with Crippen LogP contribution in [-0.4, -0.2) is 35.7 Å². The predicted molar refractivity (Wildman–Crippen MR) is 77.9 cm³/mol. The predicted octanol–water partition coefficient (Wildman–Crippen LogP) is 3.11. The van der Waals surface area contributed by atoms with Crippen LogP contribution in [0.15, 0.2) is 24.5 Å². The van der Waals surface area contributed by atoms with Crippen molar-refractivity contribution in [3.63, 3.8) is 0 Å². The Morgan fingerprint density at radius 1 is 1.37 bits per heavy atom. The number of hydrogen-bond acceptors (Lipinski definition) is 3. The monoisotopic (exact) mass is 262 g/mol. The summed E-state index contributed by atoms with van der Waals surface area (Å²) in [5.41, 5.74) is 1.35. The lowest BCUT2D eigenvalue weighted by Gasteiger charge is -2.33. The minimum Gasteiger partial charge on any atom is -0.376 e. The number of ether oxygens (including phenoxy) is 1. The second-order valence-electron chi connectivity index (χ2n) is 5.91. The van der Waals surface area contributed by atoms with Gasteiger partial charge in [0.1, 0.15) is 0 Å². The number of pyridine rings is 1. The van der Waals surface area contributed by atoms with Gasteiger partial charge in [-0.15, -0.1) is 0 Å². The van der Waals surface area contributed by atoms with Crippen molar-refractivity contribution in [1.29, 1.82) is 0 Å². The van der Waals surface area contributed by atoms with Gasteiger partial charge in [0.05, 0.1) is 12.7 Å². The fraction of sp³-hybridized carbons (Fsp3) is 0.688. The maximum atomic E-state index is 5.87. The molecule has 0 bridgehead atoms. The molecule has 1 fully saturated rings. The van der Waals surface area contributed by atoms with E-state index in [2.05, 4.69) is 35.9 Å². The van der Waals surface area contributed by atoms with E-state index in [0.717, 1.165) is 32.2 Å². The van der Waals surface area contributed by atoms with Gasteiger partial charge >= 0.3 is 0 Å². The van der Waals surface area contributed by atoms with Gasteiger partial charge in [-0.3, -0.25) is 9.88 Å². The molecule has 1 aromatic rings. The Kier molecular flexibility index (Phi) is 5.80. The fourth-order valence-electron chi connectivity index (χ4n) is 2.60. The highest BCUT2D eigenvalue weighted by Crippen LogP contribution is 2.16. The van der Waals surface area contributed by atoms with Crippen LogP contribution >= 0.6 is 0 Å². The number of aromatic nitrogens is 1. The molecule has 0 aliphatic carbocycles. The third kappa shape index (κ3) is 5.29. The summed E-state index contributed by atoms with van der Waals surface area (Å²) in [5, 5.41) is 0. The minimum absolute atomic E-state index is 0.425. The topological polar surface area (TPSA) is 25.4 Å². The van der Waals surface area contributed by atoms with E-state index in [1.807, 2.05) is 12.4 Å². The van der Waals surface area contributed by atoms with Crippen molar-refractivity contribution in [3.05, 3.63) is 30.1 Å². The number of nitrogens with zero attached hydrogens (tertiary/aromatic N) is 2. The third-order valence-corrected chi connectivity index (χ3v) is 3.69. The lowest BCUT2D eigenvalue weighted by atomic mass is 10.0. The van der Waals surface area contributed by atoms with Gasteiger partial charge in [0.15, 0.2) is 0 Å². The fourth-order valence-corrected chi connectivity index (χ4v) is 2.60. The first kappa shape index (κ1) is 14.5. The normalized spacial score (nSPS) is 20.9. The smallest absolute Gasteiger partial charge is 0.0702 e. The van der Waals surface area contributed by atoms with E-state index in [4.69, 9.17) is 4.74 Å². The highest BCUT2D eigenvalue weighted by atomic mass is 16.5. The molecule has 1 atom stereocenters. The van der Waals surface area contributed by atoms with Gasteiger partial charge in [-0.2, -0.15) is 0 Å². The van der Waals surface area contributed by atoms with Crippen LogP contribution in [0.4, 0.5) is 0 Å². The maximum Gasteiger partial charge on any atom is 0.0702 e. The number of hydrogen-bond donors (Lipinski definition) is 0. The first-order valence-corrected chi connectivity index (χ1v) is 7.47. The minimum atomic E-state index is 0.425. The Labute approximate surface area is 117 Å². The SMILES string of the molecule is CC(C)CCC[C@@H]1CN(Cc2ccncc2)CCO1. The molecule has 2 rings (SSSR count). The number of rotatable bonds is 6. The van der Waals surface area contributed by atoms with Crippen LogP contribution in [0.1, 0.15) is 38.7 Å². The first-order valence-electron chi connectivity index (χ1n) is 7.47. The summed E-state index contributed by atoms with van der Waals surface area (Å²) in [6, 6.07) is 4.20. The van der Waals surface area contributed by atoms with E-state index < -0.39 is 0 Å². The molecular weight excluding hydrogens is 236 g/mol. The highest BCUT2D eigenvalue weighted by Gasteiger charge is 2.20. The lowest BCUT2D eigenvalue weighted by Crippen LogP contribution is -2.41. The quantitative estimate of drug-likeness (QED) is 0.787. The zero-order valence-electron chi connectivity index (χ0n) is 12.2. The Hall–Kier alpha value is -0.930. The average molecular weight is 262 g/mol. The van der Waals surface area contributed by atoms with Crippen LogP contribution in [0.25, 0.3) is 0 Å². The van der Waals surface area contributed by atoms with Crippen molar-refractivity contribution < 1.29 is 4.74 Å². The molecule has 106 valence electrons. The summed E-state index contributed by atoms with van der Waals surface area (Å²) in [5.74, 6) is 0.802. The van der Waals surface area contributed by atoms with Crippen LogP contribution in [0.2, 0.25) is 0 Å². The molecule has 0 amide bonds. The zero-order valence-corrected chi connectivity index (χ0v) is 12.2. The van der Waals surface area contributed by atoms with Crippen molar-refractivity contribution in [2.45, 2.75) is 45.8 Å². The second kappa shape index (κ2) is 7.61. The summed E-state index contributed by atoms with van der Waals surface area (Å²) >= 11 is 0. The van der Waals surface area contributed by atoms with Crippen molar-refractivity contribution in [1.82, 2.24) is 9.88 Å². The van der Waals surface area contributed by atoms with Gasteiger partial charge in [-0.05, 0) is 30.0 Å². The van der Waals surface area contributed by atoms with Gasteiger partial charge < -0.3 is 4.74 Å². The summed E-state index contributed by atoms with van der Waals surface area (Å²) in [7, 11) is 0. The standard InChI is InChI=1S/C16H26N2O/c1-14(2)4-3-5-16-13-18(10-11-19-16)12-15-6-8-17-9-7-15/h6-9,14,16H,3-5,10-13H2,1-2H3/t16-/m1/s1. The molecule has 19 heavy (non-hydrogen) atoms. The molecule has 0 spiro atoms. The van der Waals surface area contributed by atoms with E-state index in [-0.39, 0.29) is 0 Å². The molecule has 0 aromatic carbocycles. The van der Waals surface area contributed by atoms with Crippen molar-refractivity contribution >= 4 is 0 Å². The van der Waals surface area contributed by atoms with Gasteiger partial charge in [0.2, 0.25) is 0 Å². The molecule has 3 nitrogen and oxygen atoms in total. The lowest BCUT2D eigenvalue weighted by molar-refractivity contribution is -0.0360. The van der Waals surface area contributed by atoms with Crippen LogP contribution in [0, 0.1) is 5.92 Å². The maximum absolute atomic E-state index is 5.87. The molecule has 0 unspecified atom stereocenters. The molecule has 1 aliphatic heterocycles. The molecule has 0 radical (unpaired) electrons. The molecular formula is C16H26N2O. The van der Waals surface area contributed by atoms with Crippen molar-refractivity contribution in [3.8, 4) is 0 Å². The summed E-state index contributed by atoms with van der Waals surface area (Å²) in [6.45, 7) is 8.59. The van der Waals surface area contributed by atoms with Gasteiger partial charge in [-0.1, -0.05) is 26.7 Å². The Morgan fingerprint density at radius 2 is 2.16 bits per heavy atom. The Bertz CT molecular complexity index is 353. The molecule has 1 saturated heterocycles. The molecule has 1 aromatic heterocycles. The van der Waals surface area contributed by atoms with E-state index in [1.165, 1.54) is 24.8 Å². The van der Waals surface area contributed by atoms with Gasteiger partial charge in [0, 0.05) is 32.0 Å². The number of morpholine rings is 1. The van der Waals surface area contributed by atoms with E-state index in [1.54, 1.807) is 0 Å². The van der Waals surface area contributed by atoms with Crippen molar-refractivity contribution in [2.24, 2.45) is 5.92 Å². The van der Waals surface area contributed by atoms with Crippen molar-refractivity contribution in [2.75, 3.05) is 19.7 Å². The van der Waals surface area contributed by atoms with Crippen LogP contribution in [0.5, 0.6) is 0 Å². The summed E-state index contributed by atoms with van der Waals surface area (Å²) < 4.78 is 5.87. The highest BCUT2D eigenvalue weighted by molar-refractivity contribution is 5.09. The van der Waals surface area contributed by atoms with E-state index in [9.17, 15) is 0 Å². The molecule has 0 N–H and O–H groups in total. The summed E-state index contributed by atoms with van der Waals surface area (Å²) in [4.78, 5) is 6.57. The van der Waals surface area contributed by atoms with Crippen LogP contribution in [-0.2, 0) is 11.3 Å². The van der Waals surface area contributed by atoms with Crippen LogP contribution < -0.4 is 0 Å². The Morgan fingerprint density at radius 3 is 2.89 bits per heavy atom. The van der Waals surface area contributed by atoms with Crippen LogP contribution in [0.3, 0.4) is 0 Å². The first-order chi connectivity index (χ1) is 9.24. The largest absolute Gasteiger partial charge is 0.376 e. The average Bonchev–Trinajstić information content (AvgIpc) is 2.40. The molecule has 1 aliphatic rings. The molecule has 2 heterocycles. The van der Waals surface area contributed by atoms with E-state index in [0.29, 0.717) is 6.10 Å². The second-order valence-corrected chi connectivity index (χ2v) is 5.91. The van der Waals surface area contributed by atoms with E-state index >= 15 is 0 Å². The third-order valence-electron chi connectivity index (χ3n) is 3.69. The molecule has 0 saturated carbocycles. The molecule has 3 heteroatoms.